The summed E-state index contributed by atoms with van der Waals surface area (Å²) in [6.07, 6.45) is 5.39. The third-order valence-electron chi connectivity index (χ3n) is 1.72. The number of nitrogens with one attached hydrogen (secondary N) is 1. The lowest BCUT2D eigenvalue weighted by atomic mass is 10.3. The smallest absolute Gasteiger partial charge is 0.126 e. The first-order chi connectivity index (χ1) is 6.27. The van der Waals surface area contributed by atoms with E-state index in [0.717, 1.165) is 15.4 Å². The molecule has 0 aliphatic heterocycles. The first kappa shape index (κ1) is 8.40. The molecule has 13 heavy (non-hydrogen) atoms. The number of hydrogen-bond donors (Lipinski definition) is 2. The predicted molar refractivity (Wildman–Crippen MR) is 52.3 cm³/mol. The topological polar surface area (TPSA) is 67.6 Å². The zero-order valence-corrected chi connectivity index (χ0v) is 8.01. The standard InChI is InChI=1S/C8H10N4S/c1-5(9)7-4-10-8(13-7)6-2-11-12-3-6/h2-5H,9H2,1H3,(H,11,12). The van der Waals surface area contributed by atoms with Crippen molar-refractivity contribution in [1.82, 2.24) is 15.2 Å². The van der Waals surface area contributed by atoms with Gasteiger partial charge >= 0.3 is 0 Å². The van der Waals surface area contributed by atoms with Gasteiger partial charge in [0.1, 0.15) is 5.01 Å². The molecule has 0 aromatic carbocycles. The van der Waals surface area contributed by atoms with Gasteiger partial charge in [0.15, 0.2) is 0 Å². The molecule has 0 aliphatic carbocycles. The van der Waals surface area contributed by atoms with E-state index < -0.39 is 0 Å². The number of hydrogen-bond acceptors (Lipinski definition) is 4. The highest BCUT2D eigenvalue weighted by molar-refractivity contribution is 7.15. The van der Waals surface area contributed by atoms with Crippen molar-refractivity contribution >= 4 is 11.3 Å². The van der Waals surface area contributed by atoms with E-state index >= 15 is 0 Å². The molecule has 0 aliphatic rings. The number of thiazole rings is 1. The number of nitrogens with two attached hydrogens (primary N) is 1. The zero-order chi connectivity index (χ0) is 9.26. The maximum atomic E-state index is 5.73. The molecule has 0 fully saturated rings. The summed E-state index contributed by atoms with van der Waals surface area (Å²) in [6.45, 7) is 1.95. The van der Waals surface area contributed by atoms with Crippen LogP contribution >= 0.6 is 11.3 Å². The highest BCUT2D eigenvalue weighted by Gasteiger charge is 2.07. The van der Waals surface area contributed by atoms with Crippen LogP contribution in [0.2, 0.25) is 0 Å². The molecule has 0 amide bonds. The number of aromatic amines is 1. The largest absolute Gasteiger partial charge is 0.323 e. The van der Waals surface area contributed by atoms with Gasteiger partial charge in [-0.25, -0.2) is 4.98 Å². The second kappa shape index (κ2) is 3.27. The molecule has 3 N–H and O–H groups in total. The van der Waals surface area contributed by atoms with Gasteiger partial charge in [0.25, 0.3) is 0 Å². The van der Waals surface area contributed by atoms with E-state index in [1.54, 1.807) is 17.5 Å². The molecule has 0 bridgehead atoms. The molecule has 1 atom stereocenters. The molecule has 0 saturated carbocycles. The van der Waals surface area contributed by atoms with Crippen molar-refractivity contribution < 1.29 is 0 Å². The molecule has 1 unspecified atom stereocenters. The molecule has 5 heteroatoms. The summed E-state index contributed by atoms with van der Waals surface area (Å²) in [6, 6.07) is 0.0538. The van der Waals surface area contributed by atoms with E-state index in [1.165, 1.54) is 0 Å². The third kappa shape index (κ3) is 1.61. The van der Waals surface area contributed by atoms with Crippen LogP contribution < -0.4 is 5.73 Å². The first-order valence-corrected chi connectivity index (χ1v) is 4.79. The Morgan fingerprint density at radius 1 is 1.54 bits per heavy atom. The Balaban J connectivity index is 2.33. The monoisotopic (exact) mass is 194 g/mol. The van der Waals surface area contributed by atoms with Gasteiger partial charge in [-0.2, -0.15) is 5.10 Å². The zero-order valence-electron chi connectivity index (χ0n) is 7.19. The van der Waals surface area contributed by atoms with Crippen molar-refractivity contribution in [2.75, 3.05) is 0 Å². The average Bonchev–Trinajstić information content (AvgIpc) is 2.75. The van der Waals surface area contributed by atoms with Gasteiger partial charge in [-0.05, 0) is 6.92 Å². The van der Waals surface area contributed by atoms with Gasteiger partial charge in [0.05, 0.1) is 6.20 Å². The molecule has 4 nitrogen and oxygen atoms in total. The molecular weight excluding hydrogens is 184 g/mol. The summed E-state index contributed by atoms with van der Waals surface area (Å²) in [4.78, 5) is 5.35. The summed E-state index contributed by atoms with van der Waals surface area (Å²) in [7, 11) is 0. The summed E-state index contributed by atoms with van der Waals surface area (Å²) in [5, 5.41) is 7.57. The van der Waals surface area contributed by atoms with Crippen molar-refractivity contribution in [2.24, 2.45) is 5.73 Å². The molecule has 2 rings (SSSR count). The van der Waals surface area contributed by atoms with Crippen LogP contribution in [0.1, 0.15) is 17.8 Å². The van der Waals surface area contributed by atoms with Crippen LogP contribution in [-0.2, 0) is 0 Å². The minimum absolute atomic E-state index is 0.0538. The fourth-order valence-corrected chi connectivity index (χ4v) is 1.85. The highest BCUT2D eigenvalue weighted by Crippen LogP contribution is 2.26. The Hall–Kier alpha value is -1.20. The van der Waals surface area contributed by atoms with Crippen LogP contribution in [0.15, 0.2) is 18.6 Å². The second-order valence-corrected chi connectivity index (χ2v) is 3.91. The van der Waals surface area contributed by atoms with Gasteiger partial charge < -0.3 is 5.73 Å². The SMILES string of the molecule is CC(N)c1cnc(-c2cn[nH]c2)s1. The maximum Gasteiger partial charge on any atom is 0.126 e. The number of aromatic nitrogens is 3. The minimum atomic E-state index is 0.0538. The lowest BCUT2D eigenvalue weighted by molar-refractivity contribution is 0.835. The van der Waals surface area contributed by atoms with E-state index in [0.29, 0.717) is 0 Å². The van der Waals surface area contributed by atoms with Crippen molar-refractivity contribution in [3.05, 3.63) is 23.5 Å². The van der Waals surface area contributed by atoms with Gasteiger partial charge in [0.2, 0.25) is 0 Å². The molecule has 2 heterocycles. The quantitative estimate of drug-likeness (QED) is 0.762. The van der Waals surface area contributed by atoms with Gasteiger partial charge in [0, 0.05) is 28.9 Å². The maximum absolute atomic E-state index is 5.73. The van der Waals surface area contributed by atoms with E-state index in [1.807, 2.05) is 19.3 Å². The summed E-state index contributed by atoms with van der Waals surface area (Å²) in [5.41, 5.74) is 6.74. The second-order valence-electron chi connectivity index (χ2n) is 2.84. The molecule has 0 radical (unpaired) electrons. The first-order valence-electron chi connectivity index (χ1n) is 3.98. The van der Waals surface area contributed by atoms with Crippen LogP contribution in [0.25, 0.3) is 10.6 Å². The lowest BCUT2D eigenvalue weighted by Crippen LogP contribution is -2.01. The molecule has 2 aromatic heterocycles. The number of H-pyrrole nitrogens is 1. The molecule has 0 spiro atoms. The van der Waals surface area contributed by atoms with E-state index in [9.17, 15) is 0 Å². The van der Waals surface area contributed by atoms with Crippen molar-refractivity contribution in [3.8, 4) is 10.6 Å². The predicted octanol–water partition coefficient (Wildman–Crippen LogP) is 1.55. The average molecular weight is 194 g/mol. The summed E-state index contributed by atoms with van der Waals surface area (Å²) in [5.74, 6) is 0. The summed E-state index contributed by atoms with van der Waals surface area (Å²) >= 11 is 1.60. The Morgan fingerprint density at radius 3 is 2.92 bits per heavy atom. The molecule has 68 valence electrons. The van der Waals surface area contributed by atoms with Gasteiger partial charge in [-0.1, -0.05) is 0 Å². The Morgan fingerprint density at radius 2 is 2.38 bits per heavy atom. The number of nitrogens with zero attached hydrogens (tertiary/aromatic N) is 2. The fourth-order valence-electron chi connectivity index (χ4n) is 0.998. The normalized spacial score (nSPS) is 13.1. The van der Waals surface area contributed by atoms with Crippen molar-refractivity contribution in [1.29, 1.82) is 0 Å². The molecule has 2 aromatic rings. The Bertz CT molecular complexity index is 377. The highest BCUT2D eigenvalue weighted by atomic mass is 32.1. The van der Waals surface area contributed by atoms with Crippen LogP contribution in [0.5, 0.6) is 0 Å². The minimum Gasteiger partial charge on any atom is -0.323 e. The summed E-state index contributed by atoms with van der Waals surface area (Å²) < 4.78 is 0. The van der Waals surface area contributed by atoms with E-state index in [2.05, 4.69) is 15.2 Å². The Labute approximate surface area is 79.8 Å². The van der Waals surface area contributed by atoms with Crippen LogP contribution in [-0.4, -0.2) is 15.2 Å². The lowest BCUT2D eigenvalue weighted by Gasteiger charge is -1.96. The van der Waals surface area contributed by atoms with Crippen LogP contribution in [0.3, 0.4) is 0 Å². The van der Waals surface area contributed by atoms with Gasteiger partial charge in [-0.3, -0.25) is 5.10 Å². The van der Waals surface area contributed by atoms with E-state index in [4.69, 9.17) is 5.73 Å². The molecule has 0 saturated heterocycles. The van der Waals surface area contributed by atoms with Gasteiger partial charge in [-0.15, -0.1) is 11.3 Å². The third-order valence-corrected chi connectivity index (χ3v) is 2.96. The fraction of sp³-hybridized carbons (Fsp3) is 0.250. The van der Waals surface area contributed by atoms with Crippen molar-refractivity contribution in [2.45, 2.75) is 13.0 Å². The Kier molecular flexibility index (Phi) is 2.12. The van der Waals surface area contributed by atoms with E-state index in [-0.39, 0.29) is 6.04 Å². The van der Waals surface area contributed by atoms with Crippen molar-refractivity contribution in [3.63, 3.8) is 0 Å². The van der Waals surface area contributed by atoms with Crippen LogP contribution in [0.4, 0.5) is 0 Å². The molecular formula is C8H10N4S. The number of rotatable bonds is 2. The van der Waals surface area contributed by atoms with Crippen LogP contribution in [0, 0.1) is 0 Å².